The van der Waals surface area contributed by atoms with E-state index >= 15 is 0 Å². The van der Waals surface area contributed by atoms with Gasteiger partial charge in [-0.1, -0.05) is 24.3 Å². The highest BCUT2D eigenvalue weighted by Crippen LogP contribution is 2.09. The van der Waals surface area contributed by atoms with Gasteiger partial charge < -0.3 is 10.9 Å². The van der Waals surface area contributed by atoms with E-state index in [1.54, 1.807) is 0 Å². The van der Waals surface area contributed by atoms with Crippen LogP contribution in [0.3, 0.4) is 0 Å². The van der Waals surface area contributed by atoms with Crippen LogP contribution >= 0.6 is 0 Å². The highest BCUT2D eigenvalue weighted by molar-refractivity contribution is 5.23. The number of hydrogen-bond acceptors (Lipinski definition) is 3. The van der Waals surface area contributed by atoms with Crippen LogP contribution in [0.25, 0.3) is 0 Å². The number of hydroxylamine groups is 2. The van der Waals surface area contributed by atoms with E-state index in [4.69, 9.17) is 5.73 Å². The Morgan fingerprint density at radius 2 is 1.88 bits per heavy atom. The van der Waals surface area contributed by atoms with E-state index in [9.17, 15) is 5.21 Å². The summed E-state index contributed by atoms with van der Waals surface area (Å²) in [5.74, 6) is 0. The quantitative estimate of drug-likeness (QED) is 0.714. The molecule has 3 N–H and O–H groups in total. The van der Waals surface area contributed by atoms with Crippen LogP contribution in [0, 0.1) is 0 Å². The molecule has 1 rings (SSSR count). The van der Waals surface area contributed by atoms with Gasteiger partial charge in [-0.3, -0.25) is 0 Å². The van der Waals surface area contributed by atoms with E-state index < -0.39 is 0 Å². The molecule has 0 fully saturated rings. The Kier molecular flexibility index (Phi) is 6.19. The Morgan fingerprint density at radius 1 is 1.24 bits per heavy atom. The molecule has 0 atom stereocenters. The number of nitrogens with zero attached hydrogens (tertiary/aromatic N) is 1. The number of aryl methyl sites for hydroxylation is 1. The van der Waals surface area contributed by atoms with Crippen LogP contribution < -0.4 is 5.73 Å². The predicted molar refractivity (Wildman–Crippen MR) is 71.1 cm³/mol. The zero-order valence-corrected chi connectivity index (χ0v) is 10.9. The van der Waals surface area contributed by atoms with Crippen LogP contribution in [0.5, 0.6) is 0 Å². The van der Waals surface area contributed by atoms with Gasteiger partial charge in [-0.25, -0.2) is 0 Å². The maximum Gasteiger partial charge on any atom is 0.0293 e. The average molecular weight is 236 g/mol. The van der Waals surface area contributed by atoms with Crippen molar-refractivity contribution in [1.82, 2.24) is 5.06 Å². The van der Waals surface area contributed by atoms with E-state index in [0.29, 0.717) is 6.54 Å². The molecule has 0 aliphatic rings. The Morgan fingerprint density at radius 3 is 2.47 bits per heavy atom. The third-order valence-electron chi connectivity index (χ3n) is 2.89. The van der Waals surface area contributed by atoms with Crippen molar-refractivity contribution in [2.24, 2.45) is 5.73 Å². The van der Waals surface area contributed by atoms with Gasteiger partial charge in [-0.05, 0) is 50.8 Å². The fourth-order valence-electron chi connectivity index (χ4n) is 1.75. The molecule has 0 radical (unpaired) electrons. The number of hydrogen-bond donors (Lipinski definition) is 2. The molecular weight excluding hydrogens is 212 g/mol. The summed E-state index contributed by atoms with van der Waals surface area (Å²) in [6, 6.07) is 8.72. The second-order valence-electron chi connectivity index (χ2n) is 4.72. The molecule has 0 saturated carbocycles. The topological polar surface area (TPSA) is 49.5 Å². The SMILES string of the molecule is CC(C)N(O)CCc1cccc(CCCN)c1. The summed E-state index contributed by atoms with van der Waals surface area (Å²) in [5.41, 5.74) is 8.12. The van der Waals surface area contributed by atoms with Gasteiger partial charge in [0.1, 0.15) is 0 Å². The molecule has 1 aromatic rings. The second kappa shape index (κ2) is 7.43. The highest BCUT2D eigenvalue weighted by Gasteiger charge is 2.05. The van der Waals surface area contributed by atoms with Crippen molar-refractivity contribution in [1.29, 1.82) is 0 Å². The normalized spacial score (nSPS) is 11.4. The van der Waals surface area contributed by atoms with Gasteiger partial charge in [0.2, 0.25) is 0 Å². The molecule has 96 valence electrons. The van der Waals surface area contributed by atoms with Crippen molar-refractivity contribution in [2.75, 3.05) is 13.1 Å². The van der Waals surface area contributed by atoms with E-state index in [2.05, 4.69) is 24.3 Å². The zero-order chi connectivity index (χ0) is 12.7. The molecule has 0 unspecified atom stereocenters. The van der Waals surface area contributed by atoms with Crippen LogP contribution in [-0.2, 0) is 12.8 Å². The summed E-state index contributed by atoms with van der Waals surface area (Å²) in [7, 11) is 0. The summed E-state index contributed by atoms with van der Waals surface area (Å²) < 4.78 is 0. The van der Waals surface area contributed by atoms with E-state index in [1.807, 2.05) is 13.8 Å². The third kappa shape index (κ3) is 5.31. The largest absolute Gasteiger partial charge is 0.330 e. The number of benzene rings is 1. The van der Waals surface area contributed by atoms with Crippen molar-refractivity contribution >= 4 is 0 Å². The van der Waals surface area contributed by atoms with Crippen molar-refractivity contribution in [3.8, 4) is 0 Å². The summed E-state index contributed by atoms with van der Waals surface area (Å²) in [4.78, 5) is 0. The first kappa shape index (κ1) is 14.2. The van der Waals surface area contributed by atoms with Crippen molar-refractivity contribution in [2.45, 2.75) is 39.2 Å². The molecule has 0 spiro atoms. The zero-order valence-electron chi connectivity index (χ0n) is 10.9. The molecule has 0 aliphatic heterocycles. The van der Waals surface area contributed by atoms with Gasteiger partial charge in [-0.15, -0.1) is 0 Å². The van der Waals surface area contributed by atoms with Crippen LogP contribution in [0.2, 0.25) is 0 Å². The van der Waals surface area contributed by atoms with Gasteiger partial charge in [0.15, 0.2) is 0 Å². The molecule has 0 heterocycles. The summed E-state index contributed by atoms with van der Waals surface area (Å²) in [6.45, 7) is 5.38. The Labute approximate surface area is 104 Å². The molecule has 0 bridgehead atoms. The van der Waals surface area contributed by atoms with Crippen LogP contribution in [0.1, 0.15) is 31.4 Å². The van der Waals surface area contributed by atoms with Gasteiger partial charge in [0, 0.05) is 12.6 Å². The lowest BCUT2D eigenvalue weighted by Gasteiger charge is -2.18. The Hall–Kier alpha value is -0.900. The Balaban J connectivity index is 2.48. The molecule has 17 heavy (non-hydrogen) atoms. The van der Waals surface area contributed by atoms with Crippen LogP contribution in [-0.4, -0.2) is 29.4 Å². The fraction of sp³-hybridized carbons (Fsp3) is 0.571. The summed E-state index contributed by atoms with van der Waals surface area (Å²) >= 11 is 0. The van der Waals surface area contributed by atoms with Gasteiger partial charge >= 0.3 is 0 Å². The summed E-state index contributed by atoms with van der Waals surface area (Å²) in [6.07, 6.45) is 2.95. The molecular formula is C14H24N2O. The maximum atomic E-state index is 9.62. The first-order chi connectivity index (χ1) is 8.13. The van der Waals surface area contributed by atoms with Gasteiger partial charge in [0.05, 0.1) is 0 Å². The number of rotatable bonds is 7. The van der Waals surface area contributed by atoms with Crippen molar-refractivity contribution in [3.63, 3.8) is 0 Å². The Bertz CT molecular complexity index is 326. The lowest BCUT2D eigenvalue weighted by Crippen LogP contribution is -2.29. The first-order valence-corrected chi connectivity index (χ1v) is 6.37. The lowest BCUT2D eigenvalue weighted by molar-refractivity contribution is -0.115. The summed E-state index contributed by atoms with van der Waals surface area (Å²) in [5, 5.41) is 11.0. The fourth-order valence-corrected chi connectivity index (χ4v) is 1.75. The molecule has 3 nitrogen and oxygen atoms in total. The molecule has 3 heteroatoms. The van der Waals surface area contributed by atoms with Gasteiger partial charge in [-0.2, -0.15) is 5.06 Å². The minimum atomic E-state index is 0.176. The standard InChI is InChI=1S/C14H24N2O/c1-12(2)16(17)10-8-14-6-3-5-13(11-14)7-4-9-15/h3,5-6,11-12,17H,4,7-10,15H2,1-2H3. The van der Waals surface area contributed by atoms with Crippen molar-refractivity contribution in [3.05, 3.63) is 35.4 Å². The van der Waals surface area contributed by atoms with Crippen molar-refractivity contribution < 1.29 is 5.21 Å². The molecule has 0 saturated heterocycles. The molecule has 0 aromatic heterocycles. The molecule has 0 amide bonds. The smallest absolute Gasteiger partial charge is 0.0293 e. The minimum absolute atomic E-state index is 0.176. The first-order valence-electron chi connectivity index (χ1n) is 6.37. The highest BCUT2D eigenvalue weighted by atomic mass is 16.5. The van der Waals surface area contributed by atoms with Crippen LogP contribution in [0.4, 0.5) is 0 Å². The lowest BCUT2D eigenvalue weighted by atomic mass is 10.0. The average Bonchev–Trinajstić information content (AvgIpc) is 2.33. The molecule has 0 aliphatic carbocycles. The van der Waals surface area contributed by atoms with E-state index in [-0.39, 0.29) is 6.04 Å². The van der Waals surface area contributed by atoms with E-state index in [0.717, 1.165) is 25.8 Å². The predicted octanol–water partition coefficient (Wildman–Crippen LogP) is 2.22. The minimum Gasteiger partial charge on any atom is -0.330 e. The maximum absolute atomic E-state index is 9.62. The second-order valence-corrected chi connectivity index (χ2v) is 4.72. The van der Waals surface area contributed by atoms with Crippen LogP contribution in [0.15, 0.2) is 24.3 Å². The number of nitrogens with two attached hydrogens (primary N) is 1. The van der Waals surface area contributed by atoms with E-state index in [1.165, 1.54) is 16.2 Å². The molecule has 1 aromatic carbocycles. The third-order valence-corrected chi connectivity index (χ3v) is 2.89. The van der Waals surface area contributed by atoms with Gasteiger partial charge in [0.25, 0.3) is 0 Å². The monoisotopic (exact) mass is 236 g/mol.